The second-order valence-corrected chi connectivity index (χ2v) is 12.5. The summed E-state index contributed by atoms with van der Waals surface area (Å²) >= 11 is 0.900. The largest absolute Gasteiger partial charge is 0.559 e. The standard InChI is InChI=1S/C42H18F8N2O2S.2Y/c1-53-29-17-24-12-14-28-35(45)39(49)32(40(50)36(28)46)22-9-5-20(6-10-22)26-16-15-25(41-42(26)52-55-51-41)19-3-7-21(8-4-19)31-37(47)33(43)27(34(44)38(31)48)13-11-23(29)18-30(24)54-2;;/h3-12,15-16H,1-2H3;;/q-4;;. The first-order chi connectivity index (χ1) is 26.5. The van der Waals surface area contributed by atoms with Gasteiger partial charge in [0.2, 0.25) is 0 Å². The molecule has 22 rings (SSSR count). The molecule has 0 N–H and O–H groups in total. The summed E-state index contributed by atoms with van der Waals surface area (Å²) in [5, 5.41) is 0. The average molecular weight is 944 g/mol. The van der Waals surface area contributed by atoms with Gasteiger partial charge in [-0.2, -0.15) is 44.2 Å². The fourth-order valence-electron chi connectivity index (χ4n) is 6.30. The second kappa shape index (κ2) is 17.0. The van der Waals surface area contributed by atoms with Crippen LogP contribution < -0.4 is 9.47 Å². The zero-order valence-electron chi connectivity index (χ0n) is 29.2. The number of methoxy groups -OCH3 is 2. The predicted molar refractivity (Wildman–Crippen MR) is 190 cm³/mol. The molecule has 15 heteroatoms. The van der Waals surface area contributed by atoms with E-state index < -0.39 is 68.8 Å². The van der Waals surface area contributed by atoms with Crippen molar-refractivity contribution in [2.24, 2.45) is 0 Å². The van der Waals surface area contributed by atoms with Gasteiger partial charge in [-0.1, -0.05) is 83.3 Å². The quantitative estimate of drug-likeness (QED) is 0.0984. The molecule has 0 unspecified atom stereocenters. The van der Waals surface area contributed by atoms with E-state index in [1.54, 1.807) is 12.1 Å². The number of benzene rings is 6. The van der Waals surface area contributed by atoms with Crippen LogP contribution in [0.2, 0.25) is 0 Å². The van der Waals surface area contributed by atoms with Crippen molar-refractivity contribution in [2.75, 3.05) is 14.2 Å². The summed E-state index contributed by atoms with van der Waals surface area (Å²) in [6.45, 7) is 0. The predicted octanol–water partition coefficient (Wildman–Crippen LogP) is 11.1. The van der Waals surface area contributed by atoms with Crippen LogP contribution in [0.4, 0.5) is 35.1 Å². The van der Waals surface area contributed by atoms with E-state index in [2.05, 4.69) is 33.0 Å². The third-order valence-electron chi connectivity index (χ3n) is 9.03. The molecule has 2 radical (unpaired) electrons. The van der Waals surface area contributed by atoms with Crippen molar-refractivity contribution in [3.8, 4) is 56.0 Å². The van der Waals surface area contributed by atoms with Crippen LogP contribution in [0.3, 0.4) is 0 Å². The van der Waals surface area contributed by atoms with Gasteiger partial charge in [0.1, 0.15) is 34.3 Å². The molecule has 0 atom stereocenters. The van der Waals surface area contributed by atoms with Gasteiger partial charge < -0.3 is 9.47 Å². The third-order valence-corrected chi connectivity index (χ3v) is 9.56. The van der Waals surface area contributed by atoms with Crippen molar-refractivity contribution in [3.05, 3.63) is 154 Å². The molecule has 7 aromatic rings. The van der Waals surface area contributed by atoms with Crippen LogP contribution in [0, 0.1) is 70.8 Å². The minimum absolute atomic E-state index is 0. The van der Waals surface area contributed by atoms with Crippen molar-refractivity contribution < 1.29 is 110 Å². The van der Waals surface area contributed by atoms with Crippen LogP contribution in [0.25, 0.3) is 67.7 Å². The number of ether oxygens (including phenoxy) is 2. The summed E-state index contributed by atoms with van der Waals surface area (Å²) in [4.78, 5) is 0. The molecule has 4 nitrogen and oxygen atoms in total. The van der Waals surface area contributed by atoms with Crippen LogP contribution in [0.15, 0.2) is 60.7 Å². The van der Waals surface area contributed by atoms with Crippen molar-refractivity contribution in [1.82, 2.24) is 8.75 Å². The smallest absolute Gasteiger partial charge is 0.127 e. The molecule has 0 fully saturated rings. The molecular formula is C42H18F8N2O2SY2-4. The average Bonchev–Trinajstić information content (AvgIpc) is 3.70. The van der Waals surface area contributed by atoms with Crippen LogP contribution >= 0.6 is 11.7 Å². The topological polar surface area (TPSA) is 44.2 Å². The van der Waals surface area contributed by atoms with Gasteiger partial charge in [0.25, 0.3) is 0 Å². The van der Waals surface area contributed by atoms with Gasteiger partial charge in [0.15, 0.2) is 0 Å². The molecule has 12 bridgehead atoms. The molecule has 15 aliphatic carbocycles. The van der Waals surface area contributed by atoms with Gasteiger partial charge in [-0.3, -0.25) is 17.6 Å². The summed E-state index contributed by atoms with van der Waals surface area (Å²) in [5.41, 5.74) is -1.74. The summed E-state index contributed by atoms with van der Waals surface area (Å²) in [6.07, 6.45) is 6.18. The maximum atomic E-state index is 15.5. The summed E-state index contributed by atoms with van der Waals surface area (Å²) in [6, 6.07) is 19.9. The van der Waals surface area contributed by atoms with Crippen LogP contribution in [-0.4, -0.2) is 23.0 Å². The number of nitrogens with zero attached hydrogens (tertiary/aromatic N) is 2. The first-order valence-electron chi connectivity index (χ1n) is 16.0. The Morgan fingerprint density at radius 1 is 0.456 bits per heavy atom. The zero-order chi connectivity index (χ0) is 38.7. The molecule has 0 saturated carbocycles. The Morgan fingerprint density at radius 3 is 1.09 bits per heavy atom. The monoisotopic (exact) mass is 944 g/mol. The van der Waals surface area contributed by atoms with Gasteiger partial charge in [-0.25, -0.2) is 29.7 Å². The van der Waals surface area contributed by atoms with Crippen molar-refractivity contribution in [3.63, 3.8) is 0 Å². The van der Waals surface area contributed by atoms with E-state index in [1.165, 1.54) is 62.8 Å². The Kier molecular flexibility index (Phi) is 12.7. The Hall–Kier alpha value is -4.13. The molecule has 0 amide bonds. The zero-order valence-corrected chi connectivity index (χ0v) is 35.7. The maximum absolute atomic E-state index is 15.5. The minimum Gasteiger partial charge on any atom is -0.559 e. The number of rotatable bonds is 2. The SMILES string of the molecule is COc1[c-]c2c(OC)[c-]c1C=[C-]c1c(F)c(F)c(c(F)c1F)-c1ccc(cc1)-c1ccc(c3nsnc13)-c1ccc(cc1)-c1c(F)c(F)c(c(F)c1F)[C-]=C2.[Y].[Y]. The molecular weight excluding hydrogens is 926 g/mol. The van der Waals surface area contributed by atoms with Crippen LogP contribution in [0.1, 0.15) is 22.3 Å². The summed E-state index contributed by atoms with van der Waals surface area (Å²) in [5.74, 6) is -14.0. The number of hydrogen-bond donors (Lipinski definition) is 0. The van der Waals surface area contributed by atoms with E-state index in [4.69, 9.17) is 9.47 Å². The molecule has 1 aromatic heterocycles. The molecule has 0 spiro atoms. The van der Waals surface area contributed by atoms with Crippen molar-refractivity contribution >= 4 is 34.9 Å². The fraction of sp³-hybridized carbons (Fsp3) is 0.0476. The molecule has 6 aromatic carbocycles. The van der Waals surface area contributed by atoms with Crippen molar-refractivity contribution in [2.45, 2.75) is 0 Å². The Labute approximate surface area is 374 Å². The van der Waals surface area contributed by atoms with Gasteiger partial charge in [-0.05, 0) is 22.3 Å². The van der Waals surface area contributed by atoms with E-state index in [-0.39, 0.29) is 99.2 Å². The van der Waals surface area contributed by atoms with E-state index in [1.807, 2.05) is 0 Å². The first-order valence-corrected chi connectivity index (χ1v) is 16.7. The first kappa shape index (κ1) is 42.5. The number of aromatic nitrogens is 2. The number of hydrogen-bond acceptors (Lipinski definition) is 5. The van der Waals surface area contributed by atoms with Crippen LogP contribution in [-0.2, 0) is 65.4 Å². The van der Waals surface area contributed by atoms with Gasteiger partial charge >= 0.3 is 0 Å². The van der Waals surface area contributed by atoms with Gasteiger partial charge in [0, 0.05) is 87.7 Å². The number of halogens is 8. The van der Waals surface area contributed by atoms with Gasteiger partial charge in [0.05, 0.1) is 49.2 Å². The van der Waals surface area contributed by atoms with E-state index in [0.29, 0.717) is 33.3 Å². The fourth-order valence-corrected chi connectivity index (χ4v) is 6.87. The van der Waals surface area contributed by atoms with Crippen LogP contribution in [0.5, 0.6) is 11.5 Å². The Bertz CT molecular complexity index is 2530. The molecule has 280 valence electrons. The molecule has 57 heavy (non-hydrogen) atoms. The van der Waals surface area contributed by atoms with E-state index in [9.17, 15) is 0 Å². The molecule has 0 saturated heterocycles. The molecule has 15 aliphatic rings. The van der Waals surface area contributed by atoms with E-state index in [0.717, 1.165) is 23.9 Å². The molecule has 0 aliphatic heterocycles. The second-order valence-electron chi connectivity index (χ2n) is 12.0. The minimum atomic E-state index is -1.74. The Morgan fingerprint density at radius 2 is 0.772 bits per heavy atom. The summed E-state index contributed by atoms with van der Waals surface area (Å²) in [7, 11) is 2.34. The molecule has 1 heterocycles. The van der Waals surface area contributed by atoms with Crippen molar-refractivity contribution in [1.29, 1.82) is 0 Å². The van der Waals surface area contributed by atoms with E-state index >= 15 is 35.1 Å². The Balaban J connectivity index is 0.00000275. The summed E-state index contributed by atoms with van der Waals surface area (Å²) < 4.78 is 143. The maximum Gasteiger partial charge on any atom is 0.127 e. The normalized spacial score (nSPS) is 11.6. The third kappa shape index (κ3) is 7.31. The van der Waals surface area contributed by atoms with Gasteiger partial charge in [-0.15, -0.1) is 0 Å².